The number of hydrogen-bond acceptors (Lipinski definition) is 2. The standard InChI is InChI=1S/C30H29F3N2O2/c31-30(32,33)23-18-16-22(17-19-23)29(28(37)34-24-12-6-2-7-13-24)26(21-10-4-1-5-11-21)20-27(36)35(29)25-14-8-3-9-15-25/h1,3-5,8-11,14-19,24,26H,2,6-7,12-13,20H2,(H,34,37)/t26-,29+/m0/s1. The van der Waals surface area contributed by atoms with Gasteiger partial charge < -0.3 is 5.32 Å². The molecule has 1 aliphatic heterocycles. The summed E-state index contributed by atoms with van der Waals surface area (Å²) in [5.74, 6) is -1.21. The molecule has 0 radical (unpaired) electrons. The summed E-state index contributed by atoms with van der Waals surface area (Å²) >= 11 is 0. The van der Waals surface area contributed by atoms with Crippen LogP contribution in [-0.2, 0) is 21.3 Å². The first kappa shape index (κ1) is 25.1. The van der Waals surface area contributed by atoms with Crippen molar-refractivity contribution < 1.29 is 22.8 Å². The zero-order valence-corrected chi connectivity index (χ0v) is 20.4. The molecule has 1 saturated heterocycles. The van der Waals surface area contributed by atoms with Gasteiger partial charge in [0, 0.05) is 24.1 Å². The third-order valence-corrected chi connectivity index (χ3v) is 7.64. The number of amides is 2. The van der Waals surface area contributed by atoms with Crippen molar-refractivity contribution in [3.8, 4) is 0 Å². The summed E-state index contributed by atoms with van der Waals surface area (Å²) in [5.41, 5.74) is -0.678. The summed E-state index contributed by atoms with van der Waals surface area (Å²) in [7, 11) is 0. The summed E-state index contributed by atoms with van der Waals surface area (Å²) in [5, 5.41) is 3.21. The molecule has 37 heavy (non-hydrogen) atoms. The molecular weight excluding hydrogens is 477 g/mol. The SMILES string of the molecule is O=C1C[C@@H](c2ccccc2)[C@@](C(=O)NC2CCCCC2)(c2ccc(C(F)(F)F)cc2)N1c1ccccc1. The number of halogens is 3. The van der Waals surface area contributed by atoms with Gasteiger partial charge in [0.25, 0.3) is 5.91 Å². The molecule has 192 valence electrons. The maximum atomic E-state index is 14.5. The molecule has 1 aliphatic carbocycles. The highest BCUT2D eigenvalue weighted by Crippen LogP contribution is 2.52. The highest BCUT2D eigenvalue weighted by atomic mass is 19.4. The van der Waals surface area contributed by atoms with E-state index in [1.807, 2.05) is 36.4 Å². The van der Waals surface area contributed by atoms with Gasteiger partial charge in [0.05, 0.1) is 5.56 Å². The van der Waals surface area contributed by atoms with E-state index in [0.717, 1.165) is 49.8 Å². The highest BCUT2D eigenvalue weighted by Gasteiger charge is 2.60. The van der Waals surface area contributed by atoms with Crippen molar-refractivity contribution in [3.05, 3.63) is 102 Å². The Morgan fingerprint density at radius 3 is 2.03 bits per heavy atom. The van der Waals surface area contributed by atoms with Gasteiger partial charge in [0.2, 0.25) is 5.91 Å². The quantitative estimate of drug-likeness (QED) is 0.426. The van der Waals surface area contributed by atoms with Crippen molar-refractivity contribution in [1.29, 1.82) is 0 Å². The van der Waals surface area contributed by atoms with E-state index in [-0.39, 0.29) is 24.3 Å². The van der Waals surface area contributed by atoms with Crippen LogP contribution in [0, 0.1) is 0 Å². The summed E-state index contributed by atoms with van der Waals surface area (Å²) in [6.07, 6.45) is 0.326. The summed E-state index contributed by atoms with van der Waals surface area (Å²) in [4.78, 5) is 29.7. The summed E-state index contributed by atoms with van der Waals surface area (Å²) in [6, 6.07) is 22.9. The molecule has 5 rings (SSSR count). The second kappa shape index (κ2) is 10.0. The predicted octanol–water partition coefficient (Wildman–Crippen LogP) is 6.57. The average Bonchev–Trinajstić information content (AvgIpc) is 3.23. The van der Waals surface area contributed by atoms with Crippen molar-refractivity contribution in [3.63, 3.8) is 0 Å². The Balaban J connectivity index is 1.73. The molecule has 2 amide bonds. The largest absolute Gasteiger partial charge is 0.416 e. The molecule has 1 saturated carbocycles. The van der Waals surface area contributed by atoms with Crippen molar-refractivity contribution in [2.24, 2.45) is 0 Å². The number of nitrogens with one attached hydrogen (secondary N) is 1. The maximum Gasteiger partial charge on any atom is 0.416 e. The fraction of sp³-hybridized carbons (Fsp3) is 0.333. The Morgan fingerprint density at radius 1 is 0.838 bits per heavy atom. The molecule has 7 heteroatoms. The Labute approximate surface area is 214 Å². The zero-order chi connectivity index (χ0) is 26.0. The number of hydrogen-bond donors (Lipinski definition) is 1. The van der Waals surface area contributed by atoms with E-state index in [1.54, 1.807) is 24.3 Å². The normalized spacial score (nSPS) is 22.7. The van der Waals surface area contributed by atoms with Crippen molar-refractivity contribution in [1.82, 2.24) is 5.32 Å². The van der Waals surface area contributed by atoms with E-state index in [9.17, 15) is 22.8 Å². The molecule has 0 spiro atoms. The number of carbonyl (C=O) groups is 2. The van der Waals surface area contributed by atoms with Crippen LogP contribution in [-0.4, -0.2) is 17.9 Å². The van der Waals surface area contributed by atoms with Crippen LogP contribution in [0.15, 0.2) is 84.9 Å². The number of nitrogens with zero attached hydrogens (tertiary/aromatic N) is 1. The number of benzene rings is 3. The maximum absolute atomic E-state index is 14.5. The van der Waals surface area contributed by atoms with Crippen LogP contribution in [0.2, 0.25) is 0 Å². The minimum Gasteiger partial charge on any atom is -0.351 e. The molecule has 3 aromatic rings. The first-order chi connectivity index (χ1) is 17.8. The minimum absolute atomic E-state index is 0.0441. The molecule has 0 bridgehead atoms. The number of para-hydroxylation sites is 1. The van der Waals surface area contributed by atoms with Crippen molar-refractivity contribution in [2.75, 3.05) is 4.90 Å². The number of anilines is 1. The van der Waals surface area contributed by atoms with Gasteiger partial charge in [-0.1, -0.05) is 79.9 Å². The summed E-state index contributed by atoms with van der Waals surface area (Å²) in [6.45, 7) is 0. The van der Waals surface area contributed by atoms with Gasteiger partial charge in [-0.05, 0) is 48.2 Å². The lowest BCUT2D eigenvalue weighted by molar-refractivity contribution is -0.137. The Hall–Kier alpha value is -3.61. The highest BCUT2D eigenvalue weighted by molar-refractivity contribution is 6.09. The number of rotatable bonds is 5. The van der Waals surface area contributed by atoms with Gasteiger partial charge >= 0.3 is 6.18 Å². The van der Waals surface area contributed by atoms with Gasteiger partial charge in [-0.25, -0.2) is 0 Å². The molecule has 0 aromatic heterocycles. The molecule has 1 N–H and O–H groups in total. The summed E-state index contributed by atoms with van der Waals surface area (Å²) < 4.78 is 40.4. The molecule has 2 aliphatic rings. The van der Waals surface area contributed by atoms with Crippen molar-refractivity contribution >= 4 is 17.5 Å². The number of alkyl halides is 3. The molecule has 4 nitrogen and oxygen atoms in total. The molecule has 3 aromatic carbocycles. The second-order valence-corrected chi connectivity index (χ2v) is 9.88. The first-order valence-corrected chi connectivity index (χ1v) is 12.7. The fourth-order valence-electron chi connectivity index (χ4n) is 5.91. The van der Waals surface area contributed by atoms with Gasteiger partial charge in [0.1, 0.15) is 0 Å². The monoisotopic (exact) mass is 506 g/mol. The van der Waals surface area contributed by atoms with E-state index in [0.29, 0.717) is 11.3 Å². The minimum atomic E-state index is -4.51. The lowest BCUT2D eigenvalue weighted by Crippen LogP contribution is -2.58. The van der Waals surface area contributed by atoms with Crippen LogP contribution < -0.4 is 10.2 Å². The fourth-order valence-corrected chi connectivity index (χ4v) is 5.91. The third kappa shape index (κ3) is 4.63. The third-order valence-electron chi connectivity index (χ3n) is 7.64. The van der Waals surface area contributed by atoms with Crippen LogP contribution in [0.5, 0.6) is 0 Å². The predicted molar refractivity (Wildman–Crippen MR) is 136 cm³/mol. The average molecular weight is 507 g/mol. The molecule has 0 unspecified atom stereocenters. The molecule has 2 fully saturated rings. The lowest BCUT2D eigenvalue weighted by atomic mass is 9.73. The Kier molecular flexibility index (Phi) is 6.80. The Bertz CT molecular complexity index is 1240. The van der Waals surface area contributed by atoms with Gasteiger partial charge in [-0.3, -0.25) is 14.5 Å². The van der Waals surface area contributed by atoms with E-state index in [2.05, 4.69) is 5.32 Å². The van der Waals surface area contributed by atoms with E-state index >= 15 is 0 Å². The molecule has 1 heterocycles. The molecular formula is C30H29F3N2O2. The van der Waals surface area contributed by atoms with E-state index in [4.69, 9.17) is 0 Å². The first-order valence-electron chi connectivity index (χ1n) is 12.7. The lowest BCUT2D eigenvalue weighted by Gasteiger charge is -2.42. The van der Waals surface area contributed by atoms with Crippen LogP contribution >= 0.6 is 0 Å². The van der Waals surface area contributed by atoms with Gasteiger partial charge in [-0.15, -0.1) is 0 Å². The van der Waals surface area contributed by atoms with Crippen molar-refractivity contribution in [2.45, 2.75) is 62.2 Å². The number of carbonyl (C=O) groups excluding carboxylic acids is 2. The van der Waals surface area contributed by atoms with Crippen LogP contribution in [0.4, 0.5) is 18.9 Å². The van der Waals surface area contributed by atoms with E-state index in [1.165, 1.54) is 17.0 Å². The van der Waals surface area contributed by atoms with Crippen LogP contribution in [0.3, 0.4) is 0 Å². The Morgan fingerprint density at radius 2 is 1.43 bits per heavy atom. The van der Waals surface area contributed by atoms with E-state index < -0.39 is 23.2 Å². The van der Waals surface area contributed by atoms with Crippen LogP contribution in [0.25, 0.3) is 0 Å². The smallest absolute Gasteiger partial charge is 0.351 e. The zero-order valence-electron chi connectivity index (χ0n) is 20.4. The van der Waals surface area contributed by atoms with Crippen LogP contribution in [0.1, 0.15) is 61.1 Å². The van der Waals surface area contributed by atoms with Gasteiger partial charge in [-0.2, -0.15) is 13.2 Å². The second-order valence-electron chi connectivity index (χ2n) is 9.88. The molecule has 2 atom stereocenters. The topological polar surface area (TPSA) is 49.4 Å². The van der Waals surface area contributed by atoms with Gasteiger partial charge in [0.15, 0.2) is 5.54 Å².